The lowest BCUT2D eigenvalue weighted by Crippen LogP contribution is -1.93. The van der Waals surface area contributed by atoms with Gasteiger partial charge in [-0.3, -0.25) is 10.4 Å². The first-order chi connectivity index (χ1) is 10.8. The third kappa shape index (κ3) is 3.51. The topological polar surface area (TPSA) is 37.3 Å². The maximum Gasteiger partial charge on any atom is 0.0562 e. The number of pyridine rings is 1. The Labute approximate surface area is 134 Å². The summed E-state index contributed by atoms with van der Waals surface area (Å²) in [6.45, 7) is 0. The van der Waals surface area contributed by atoms with Crippen molar-refractivity contribution in [2.45, 2.75) is 0 Å². The van der Waals surface area contributed by atoms with E-state index in [1.807, 2.05) is 60.8 Å². The van der Waals surface area contributed by atoms with E-state index in [9.17, 15) is 0 Å². The molecule has 0 bridgehead atoms. The SMILES string of the molecule is Clc1ccc(N/N=C/c2ccccc2-c2cccnc2)cc1. The van der Waals surface area contributed by atoms with Crippen LogP contribution in [-0.2, 0) is 0 Å². The number of aromatic nitrogens is 1. The summed E-state index contributed by atoms with van der Waals surface area (Å²) in [5.41, 5.74) is 7.07. The molecule has 3 aromatic rings. The number of hydrogen-bond acceptors (Lipinski definition) is 3. The summed E-state index contributed by atoms with van der Waals surface area (Å²) in [6.07, 6.45) is 5.42. The molecule has 0 unspecified atom stereocenters. The molecule has 0 aliphatic carbocycles. The molecule has 0 spiro atoms. The lowest BCUT2D eigenvalue weighted by atomic mass is 10.0. The smallest absolute Gasteiger partial charge is 0.0562 e. The van der Waals surface area contributed by atoms with Crippen molar-refractivity contribution < 1.29 is 0 Å². The van der Waals surface area contributed by atoms with E-state index in [0.717, 1.165) is 22.4 Å². The van der Waals surface area contributed by atoms with Crippen LogP contribution in [0.4, 0.5) is 5.69 Å². The number of anilines is 1. The highest BCUT2D eigenvalue weighted by molar-refractivity contribution is 6.30. The monoisotopic (exact) mass is 307 g/mol. The largest absolute Gasteiger partial charge is 0.279 e. The summed E-state index contributed by atoms with van der Waals surface area (Å²) in [5.74, 6) is 0. The molecule has 2 aromatic carbocycles. The van der Waals surface area contributed by atoms with E-state index >= 15 is 0 Å². The summed E-state index contributed by atoms with van der Waals surface area (Å²) >= 11 is 5.86. The molecule has 1 N–H and O–H groups in total. The van der Waals surface area contributed by atoms with Crippen LogP contribution in [0.1, 0.15) is 5.56 Å². The second kappa shape index (κ2) is 6.87. The first-order valence-electron chi connectivity index (χ1n) is 6.87. The number of nitrogens with zero attached hydrogens (tertiary/aromatic N) is 2. The lowest BCUT2D eigenvalue weighted by Gasteiger charge is -2.05. The van der Waals surface area contributed by atoms with Crippen LogP contribution in [0.2, 0.25) is 5.02 Å². The minimum Gasteiger partial charge on any atom is -0.279 e. The predicted octanol–water partition coefficient (Wildman–Crippen LogP) is 4.85. The highest BCUT2D eigenvalue weighted by Crippen LogP contribution is 2.21. The lowest BCUT2D eigenvalue weighted by molar-refractivity contribution is 1.32. The molecule has 1 heterocycles. The molecule has 0 aliphatic rings. The molecule has 3 nitrogen and oxygen atoms in total. The highest BCUT2D eigenvalue weighted by atomic mass is 35.5. The maximum atomic E-state index is 5.86. The van der Waals surface area contributed by atoms with Crippen molar-refractivity contribution in [3.63, 3.8) is 0 Å². The Balaban J connectivity index is 1.81. The van der Waals surface area contributed by atoms with Crippen molar-refractivity contribution in [3.8, 4) is 11.1 Å². The molecule has 108 valence electrons. The summed E-state index contributed by atoms with van der Waals surface area (Å²) in [6, 6.07) is 19.4. The van der Waals surface area contributed by atoms with Crippen molar-refractivity contribution in [2.75, 3.05) is 5.43 Å². The average Bonchev–Trinajstić information content (AvgIpc) is 2.58. The molecular formula is C18H14ClN3. The van der Waals surface area contributed by atoms with Gasteiger partial charge in [-0.15, -0.1) is 0 Å². The average molecular weight is 308 g/mol. The van der Waals surface area contributed by atoms with Gasteiger partial charge in [0.1, 0.15) is 0 Å². The Bertz CT molecular complexity index is 768. The Morgan fingerprint density at radius 3 is 2.55 bits per heavy atom. The predicted molar refractivity (Wildman–Crippen MR) is 92.3 cm³/mol. The fraction of sp³-hybridized carbons (Fsp3) is 0. The van der Waals surface area contributed by atoms with E-state index in [4.69, 9.17) is 11.6 Å². The van der Waals surface area contributed by atoms with Crippen molar-refractivity contribution in [1.29, 1.82) is 0 Å². The molecule has 0 saturated carbocycles. The molecule has 0 aliphatic heterocycles. The molecule has 22 heavy (non-hydrogen) atoms. The zero-order valence-electron chi connectivity index (χ0n) is 11.8. The van der Waals surface area contributed by atoms with Crippen molar-refractivity contribution in [2.24, 2.45) is 5.10 Å². The van der Waals surface area contributed by atoms with Gasteiger partial charge in [0.15, 0.2) is 0 Å². The van der Waals surface area contributed by atoms with Crippen molar-refractivity contribution in [3.05, 3.63) is 83.6 Å². The molecule has 4 heteroatoms. The molecular weight excluding hydrogens is 294 g/mol. The zero-order valence-corrected chi connectivity index (χ0v) is 12.5. The van der Waals surface area contributed by atoms with Crippen LogP contribution < -0.4 is 5.43 Å². The maximum absolute atomic E-state index is 5.86. The normalized spacial score (nSPS) is 10.8. The number of nitrogens with one attached hydrogen (secondary N) is 1. The van der Waals surface area contributed by atoms with Crippen LogP contribution in [0.3, 0.4) is 0 Å². The third-order valence-corrected chi connectivity index (χ3v) is 3.43. The Morgan fingerprint density at radius 1 is 0.955 bits per heavy atom. The van der Waals surface area contributed by atoms with E-state index in [1.54, 1.807) is 12.4 Å². The van der Waals surface area contributed by atoms with Gasteiger partial charge in [-0.05, 0) is 35.9 Å². The molecule has 0 saturated heterocycles. The number of rotatable bonds is 4. The second-order valence-electron chi connectivity index (χ2n) is 4.71. The van der Waals surface area contributed by atoms with E-state index in [0.29, 0.717) is 5.02 Å². The van der Waals surface area contributed by atoms with Crippen LogP contribution in [0.5, 0.6) is 0 Å². The Kier molecular flexibility index (Phi) is 4.47. The van der Waals surface area contributed by atoms with E-state index in [-0.39, 0.29) is 0 Å². The van der Waals surface area contributed by atoms with Crippen molar-refractivity contribution in [1.82, 2.24) is 4.98 Å². The minimum absolute atomic E-state index is 0.705. The highest BCUT2D eigenvalue weighted by Gasteiger charge is 2.02. The van der Waals surface area contributed by atoms with E-state index in [2.05, 4.69) is 21.6 Å². The van der Waals surface area contributed by atoms with Crippen LogP contribution in [0, 0.1) is 0 Å². The van der Waals surface area contributed by atoms with Gasteiger partial charge in [0.25, 0.3) is 0 Å². The third-order valence-electron chi connectivity index (χ3n) is 3.17. The van der Waals surface area contributed by atoms with Gasteiger partial charge < -0.3 is 0 Å². The van der Waals surface area contributed by atoms with Gasteiger partial charge in [-0.1, -0.05) is 41.9 Å². The van der Waals surface area contributed by atoms with E-state index < -0.39 is 0 Å². The van der Waals surface area contributed by atoms with Gasteiger partial charge in [0.05, 0.1) is 11.9 Å². The number of hydrazone groups is 1. The molecule has 1 aromatic heterocycles. The first-order valence-corrected chi connectivity index (χ1v) is 7.25. The summed E-state index contributed by atoms with van der Waals surface area (Å²) in [5, 5.41) is 4.99. The summed E-state index contributed by atoms with van der Waals surface area (Å²) in [7, 11) is 0. The van der Waals surface area contributed by atoms with Gasteiger partial charge >= 0.3 is 0 Å². The number of hydrogen-bond donors (Lipinski definition) is 1. The first kappa shape index (κ1) is 14.3. The summed E-state index contributed by atoms with van der Waals surface area (Å²) < 4.78 is 0. The van der Waals surface area contributed by atoms with Gasteiger partial charge in [0.2, 0.25) is 0 Å². The molecule has 0 amide bonds. The quantitative estimate of drug-likeness (QED) is 0.552. The van der Waals surface area contributed by atoms with Crippen LogP contribution >= 0.6 is 11.6 Å². The standard InChI is InChI=1S/C18H14ClN3/c19-16-7-9-17(10-8-16)22-21-13-15-4-1-2-6-18(15)14-5-3-11-20-12-14/h1-13,22H/b21-13+. The number of halogens is 1. The Morgan fingerprint density at radius 2 is 1.77 bits per heavy atom. The molecule has 0 fully saturated rings. The Hall–Kier alpha value is -2.65. The molecule has 3 rings (SSSR count). The molecule has 0 atom stereocenters. The fourth-order valence-electron chi connectivity index (χ4n) is 2.10. The van der Waals surface area contributed by atoms with Crippen LogP contribution in [0.15, 0.2) is 78.2 Å². The molecule has 0 radical (unpaired) electrons. The minimum atomic E-state index is 0.705. The van der Waals surface area contributed by atoms with Crippen LogP contribution in [-0.4, -0.2) is 11.2 Å². The van der Waals surface area contributed by atoms with E-state index in [1.165, 1.54) is 0 Å². The van der Waals surface area contributed by atoms with Gasteiger partial charge in [0, 0.05) is 28.5 Å². The van der Waals surface area contributed by atoms with Gasteiger partial charge in [-0.25, -0.2) is 0 Å². The van der Waals surface area contributed by atoms with Gasteiger partial charge in [-0.2, -0.15) is 5.10 Å². The number of benzene rings is 2. The zero-order chi connectivity index (χ0) is 15.2. The summed E-state index contributed by atoms with van der Waals surface area (Å²) in [4.78, 5) is 4.17. The second-order valence-corrected chi connectivity index (χ2v) is 5.14. The fourth-order valence-corrected chi connectivity index (χ4v) is 2.22. The van der Waals surface area contributed by atoms with Crippen molar-refractivity contribution >= 4 is 23.5 Å². The van der Waals surface area contributed by atoms with Crippen LogP contribution in [0.25, 0.3) is 11.1 Å².